The van der Waals surface area contributed by atoms with Crippen LogP contribution in [0, 0.1) is 15.9 Å². The molecule has 15 heavy (non-hydrogen) atoms. The predicted molar refractivity (Wildman–Crippen MR) is 51.4 cm³/mol. The van der Waals surface area contributed by atoms with Crippen molar-refractivity contribution >= 4 is 11.9 Å². The number of hydrazone groups is 1. The molecule has 0 aliphatic heterocycles. The first-order valence-corrected chi connectivity index (χ1v) is 3.85. The van der Waals surface area contributed by atoms with Crippen LogP contribution in [0.15, 0.2) is 17.2 Å². The molecule has 0 amide bonds. The van der Waals surface area contributed by atoms with Crippen LogP contribution in [-0.2, 0) is 0 Å². The van der Waals surface area contributed by atoms with Crippen LogP contribution in [0.5, 0.6) is 5.75 Å². The molecular weight excluding hydrogens is 205 g/mol. The van der Waals surface area contributed by atoms with Crippen LogP contribution in [0.1, 0.15) is 5.56 Å². The Balaban J connectivity index is 3.36. The minimum absolute atomic E-state index is 0.0648. The number of nitrogens with zero attached hydrogens (tertiary/aromatic N) is 2. The van der Waals surface area contributed by atoms with E-state index in [9.17, 15) is 14.5 Å². The molecule has 1 rings (SSSR count). The number of nitro groups is 1. The van der Waals surface area contributed by atoms with Crippen molar-refractivity contribution in [3.05, 3.63) is 33.6 Å². The van der Waals surface area contributed by atoms with Crippen LogP contribution in [-0.4, -0.2) is 18.2 Å². The predicted octanol–water partition coefficient (Wildman–Crippen LogP) is 1.04. The van der Waals surface area contributed by atoms with Crippen LogP contribution in [0.4, 0.5) is 10.1 Å². The fourth-order valence-electron chi connectivity index (χ4n) is 1.05. The zero-order chi connectivity index (χ0) is 11.4. The summed E-state index contributed by atoms with van der Waals surface area (Å²) in [5.41, 5.74) is -0.404. The fraction of sp³-hybridized carbons (Fsp3) is 0.125. The van der Waals surface area contributed by atoms with E-state index in [-0.39, 0.29) is 17.0 Å². The summed E-state index contributed by atoms with van der Waals surface area (Å²) >= 11 is 0. The summed E-state index contributed by atoms with van der Waals surface area (Å²) in [6.07, 6.45) is 0.988. The molecule has 0 aliphatic carbocycles. The molecule has 0 spiro atoms. The lowest BCUT2D eigenvalue weighted by Gasteiger charge is -2.03. The van der Waals surface area contributed by atoms with Gasteiger partial charge >= 0.3 is 5.69 Å². The van der Waals surface area contributed by atoms with Crippen molar-refractivity contribution in [1.29, 1.82) is 0 Å². The molecule has 0 atom stereocenters. The highest BCUT2D eigenvalue weighted by Gasteiger charge is 2.18. The quantitative estimate of drug-likeness (QED) is 0.351. The minimum atomic E-state index is -0.688. The topological polar surface area (TPSA) is 90.8 Å². The summed E-state index contributed by atoms with van der Waals surface area (Å²) in [6.45, 7) is 0. The summed E-state index contributed by atoms with van der Waals surface area (Å²) in [5.74, 6) is 3.99. The van der Waals surface area contributed by atoms with Gasteiger partial charge in [0.05, 0.1) is 18.2 Å². The van der Waals surface area contributed by atoms with Crippen molar-refractivity contribution in [1.82, 2.24) is 0 Å². The Morgan fingerprint density at radius 2 is 2.33 bits per heavy atom. The largest absolute Gasteiger partial charge is 0.490 e. The maximum absolute atomic E-state index is 13.2. The highest BCUT2D eigenvalue weighted by molar-refractivity contribution is 5.81. The van der Waals surface area contributed by atoms with E-state index in [1.54, 1.807) is 0 Å². The Labute approximate surface area is 84.3 Å². The molecule has 0 aliphatic rings. The van der Waals surface area contributed by atoms with Crippen LogP contribution in [0.3, 0.4) is 0 Å². The number of halogens is 1. The van der Waals surface area contributed by atoms with E-state index >= 15 is 0 Å². The van der Waals surface area contributed by atoms with Crippen LogP contribution < -0.4 is 10.6 Å². The normalized spacial score (nSPS) is 10.5. The lowest BCUT2D eigenvalue weighted by atomic mass is 10.2. The smallest absolute Gasteiger partial charge is 0.311 e. The van der Waals surface area contributed by atoms with Crippen molar-refractivity contribution in [2.24, 2.45) is 10.9 Å². The average Bonchev–Trinajstić information content (AvgIpc) is 2.20. The van der Waals surface area contributed by atoms with Crippen LogP contribution >= 0.6 is 0 Å². The zero-order valence-electron chi connectivity index (χ0n) is 7.81. The number of nitro benzene ring substituents is 1. The fourth-order valence-corrected chi connectivity index (χ4v) is 1.05. The van der Waals surface area contributed by atoms with Gasteiger partial charge in [-0.05, 0) is 0 Å². The molecule has 0 saturated carbocycles. The first-order valence-electron chi connectivity index (χ1n) is 3.85. The van der Waals surface area contributed by atoms with Crippen molar-refractivity contribution in [2.75, 3.05) is 7.11 Å². The maximum atomic E-state index is 13.2. The monoisotopic (exact) mass is 213 g/mol. The molecule has 0 heterocycles. The number of ether oxygens (including phenoxy) is 1. The molecule has 1 aromatic carbocycles. The van der Waals surface area contributed by atoms with Crippen molar-refractivity contribution in [2.45, 2.75) is 0 Å². The molecule has 2 N–H and O–H groups in total. The van der Waals surface area contributed by atoms with Gasteiger partial charge in [0.1, 0.15) is 5.82 Å². The van der Waals surface area contributed by atoms with Gasteiger partial charge < -0.3 is 10.6 Å². The Morgan fingerprint density at radius 3 is 2.80 bits per heavy atom. The first-order chi connectivity index (χ1) is 7.10. The Hall–Kier alpha value is -2.18. The SMILES string of the molecule is COc1cc(F)c(C=NN)cc1[N+](=O)[O-]. The number of methoxy groups -OCH3 is 1. The van der Waals surface area contributed by atoms with Crippen LogP contribution in [0.25, 0.3) is 0 Å². The van der Waals surface area contributed by atoms with Gasteiger partial charge in [0.2, 0.25) is 0 Å². The lowest BCUT2D eigenvalue weighted by Crippen LogP contribution is -1.99. The summed E-state index contributed by atoms with van der Waals surface area (Å²) in [6, 6.07) is 1.92. The van der Waals surface area contributed by atoms with E-state index in [0.717, 1.165) is 18.3 Å². The first kappa shape index (κ1) is 10.9. The van der Waals surface area contributed by atoms with E-state index in [1.807, 2.05) is 0 Å². The molecule has 1 aromatic rings. The van der Waals surface area contributed by atoms with Crippen molar-refractivity contribution in [3.8, 4) is 5.75 Å². The van der Waals surface area contributed by atoms with Crippen molar-refractivity contribution < 1.29 is 14.1 Å². The number of hydrogen-bond donors (Lipinski definition) is 1. The Bertz CT molecular complexity index is 420. The zero-order valence-corrected chi connectivity index (χ0v) is 7.81. The molecule has 0 bridgehead atoms. The van der Waals surface area contributed by atoms with Gasteiger partial charge in [-0.2, -0.15) is 5.10 Å². The third-order valence-corrected chi connectivity index (χ3v) is 1.71. The van der Waals surface area contributed by atoms with Crippen molar-refractivity contribution in [3.63, 3.8) is 0 Å². The van der Waals surface area contributed by atoms with Gasteiger partial charge in [0, 0.05) is 17.7 Å². The third-order valence-electron chi connectivity index (χ3n) is 1.71. The molecule has 6 nitrogen and oxygen atoms in total. The summed E-state index contributed by atoms with van der Waals surface area (Å²) in [4.78, 5) is 9.90. The highest BCUT2D eigenvalue weighted by Crippen LogP contribution is 2.28. The van der Waals surface area contributed by atoms with Gasteiger partial charge in [0.25, 0.3) is 0 Å². The second-order valence-corrected chi connectivity index (χ2v) is 2.58. The van der Waals surface area contributed by atoms with E-state index < -0.39 is 10.7 Å². The standard InChI is InChI=1S/C8H8FN3O3/c1-15-8-3-6(9)5(4-11-10)2-7(8)12(13)14/h2-4H,10H2,1H3. The summed E-state index contributed by atoms with van der Waals surface area (Å²) in [7, 11) is 1.22. The molecule has 80 valence electrons. The lowest BCUT2D eigenvalue weighted by molar-refractivity contribution is -0.385. The second-order valence-electron chi connectivity index (χ2n) is 2.58. The molecule has 0 fully saturated rings. The van der Waals surface area contributed by atoms with Gasteiger partial charge in [-0.25, -0.2) is 4.39 Å². The third kappa shape index (κ3) is 2.19. The molecule has 0 radical (unpaired) electrons. The minimum Gasteiger partial charge on any atom is -0.490 e. The highest BCUT2D eigenvalue weighted by atomic mass is 19.1. The number of benzene rings is 1. The van der Waals surface area contributed by atoms with Gasteiger partial charge in [-0.3, -0.25) is 10.1 Å². The van der Waals surface area contributed by atoms with Crippen LogP contribution in [0.2, 0.25) is 0 Å². The van der Waals surface area contributed by atoms with E-state index in [1.165, 1.54) is 7.11 Å². The number of hydrogen-bond acceptors (Lipinski definition) is 5. The molecule has 0 saturated heterocycles. The molecular formula is C8H8FN3O3. The molecule has 0 aromatic heterocycles. The van der Waals surface area contributed by atoms with Gasteiger partial charge in [0.15, 0.2) is 5.75 Å². The average molecular weight is 213 g/mol. The van der Waals surface area contributed by atoms with E-state index in [0.29, 0.717) is 0 Å². The van der Waals surface area contributed by atoms with Gasteiger partial charge in [-0.1, -0.05) is 0 Å². The summed E-state index contributed by atoms with van der Waals surface area (Å²) in [5, 5.41) is 13.7. The number of nitrogens with two attached hydrogens (primary N) is 1. The van der Waals surface area contributed by atoms with E-state index in [2.05, 4.69) is 9.84 Å². The maximum Gasteiger partial charge on any atom is 0.311 e. The molecule has 7 heteroatoms. The number of rotatable bonds is 3. The second kappa shape index (κ2) is 4.36. The Kier molecular flexibility index (Phi) is 3.17. The molecule has 0 unspecified atom stereocenters. The Morgan fingerprint density at radius 1 is 1.67 bits per heavy atom. The van der Waals surface area contributed by atoms with E-state index in [4.69, 9.17) is 5.84 Å². The summed E-state index contributed by atoms with van der Waals surface area (Å²) < 4.78 is 17.9. The van der Waals surface area contributed by atoms with Gasteiger partial charge in [-0.15, -0.1) is 0 Å².